The molecule has 0 N–H and O–H groups in total. The van der Waals surface area contributed by atoms with Crippen molar-refractivity contribution in [3.05, 3.63) is 95.6 Å². The Bertz CT molecular complexity index is 1280. The fourth-order valence-corrected chi connectivity index (χ4v) is 3.89. The summed E-state index contributed by atoms with van der Waals surface area (Å²) >= 11 is 0. The fourth-order valence-electron chi connectivity index (χ4n) is 3.89. The molecule has 1 aliphatic rings. The quantitative estimate of drug-likeness (QED) is 0.307. The van der Waals surface area contributed by atoms with Crippen molar-refractivity contribution in [2.45, 2.75) is 13.8 Å². The van der Waals surface area contributed by atoms with Gasteiger partial charge in [-0.2, -0.15) is 10.1 Å². The molecule has 3 heteroatoms. The van der Waals surface area contributed by atoms with Gasteiger partial charge in [-0.25, -0.2) is 0 Å². The highest BCUT2D eigenvalue weighted by molar-refractivity contribution is 6.33. The number of benzene rings is 4. The van der Waals surface area contributed by atoms with E-state index in [9.17, 15) is 4.79 Å². The monoisotopic (exact) mass is 376 g/mol. The van der Waals surface area contributed by atoms with Gasteiger partial charge in [-0.05, 0) is 65.2 Å². The summed E-state index contributed by atoms with van der Waals surface area (Å²) in [4.78, 5) is 13.2. The standard InChI is InChI=1S/C26H20N2O/c1-17-11-13-21(14-12-17)28-26(29)24(18(2)27-28)16-25-22-9-5-3-7-19(22)15-20-8-4-6-10-23(20)25/h3-16H,1-2H3. The summed E-state index contributed by atoms with van der Waals surface area (Å²) in [5.41, 5.74) is 4.35. The van der Waals surface area contributed by atoms with Crippen LogP contribution in [0.5, 0.6) is 0 Å². The summed E-state index contributed by atoms with van der Waals surface area (Å²) < 4.78 is 0. The molecule has 0 bridgehead atoms. The molecule has 1 heterocycles. The molecule has 0 saturated heterocycles. The van der Waals surface area contributed by atoms with Crippen molar-refractivity contribution < 1.29 is 4.79 Å². The second-order valence-electron chi connectivity index (χ2n) is 7.43. The topological polar surface area (TPSA) is 32.7 Å². The van der Waals surface area contributed by atoms with Crippen LogP contribution in [0, 0.1) is 6.92 Å². The van der Waals surface area contributed by atoms with Gasteiger partial charge in [0.05, 0.1) is 17.0 Å². The Morgan fingerprint density at radius 2 is 1.38 bits per heavy atom. The molecule has 0 radical (unpaired) electrons. The molecule has 0 spiro atoms. The van der Waals surface area contributed by atoms with Crippen LogP contribution < -0.4 is 5.01 Å². The van der Waals surface area contributed by atoms with Gasteiger partial charge in [0.1, 0.15) is 0 Å². The second-order valence-corrected chi connectivity index (χ2v) is 7.43. The minimum absolute atomic E-state index is 0.0941. The Morgan fingerprint density at radius 3 is 2.00 bits per heavy atom. The summed E-state index contributed by atoms with van der Waals surface area (Å²) in [6, 6.07) is 26.6. The van der Waals surface area contributed by atoms with Gasteiger partial charge >= 0.3 is 0 Å². The van der Waals surface area contributed by atoms with Crippen molar-refractivity contribution in [3.63, 3.8) is 0 Å². The highest BCUT2D eigenvalue weighted by Gasteiger charge is 2.29. The summed E-state index contributed by atoms with van der Waals surface area (Å²) in [7, 11) is 0. The Balaban J connectivity index is 1.69. The highest BCUT2D eigenvalue weighted by Crippen LogP contribution is 2.32. The van der Waals surface area contributed by atoms with Gasteiger partial charge in [0.15, 0.2) is 0 Å². The third-order valence-corrected chi connectivity index (χ3v) is 5.44. The van der Waals surface area contributed by atoms with E-state index in [1.165, 1.54) is 5.01 Å². The average molecular weight is 376 g/mol. The largest absolute Gasteiger partial charge is 0.280 e. The molecule has 140 valence electrons. The van der Waals surface area contributed by atoms with Crippen LogP contribution in [0.15, 0.2) is 89.5 Å². The summed E-state index contributed by atoms with van der Waals surface area (Å²) in [5, 5.41) is 10.6. The van der Waals surface area contributed by atoms with Gasteiger partial charge < -0.3 is 0 Å². The van der Waals surface area contributed by atoms with E-state index in [0.717, 1.165) is 44.1 Å². The first kappa shape index (κ1) is 17.4. The van der Waals surface area contributed by atoms with Crippen LogP contribution >= 0.6 is 0 Å². The van der Waals surface area contributed by atoms with E-state index in [1.54, 1.807) is 0 Å². The van der Waals surface area contributed by atoms with E-state index in [1.807, 2.05) is 68.5 Å². The molecule has 3 nitrogen and oxygen atoms in total. The van der Waals surface area contributed by atoms with Gasteiger partial charge in [0.2, 0.25) is 0 Å². The molecule has 0 unspecified atom stereocenters. The van der Waals surface area contributed by atoms with Crippen molar-refractivity contribution in [2.24, 2.45) is 5.10 Å². The van der Waals surface area contributed by atoms with Gasteiger partial charge in [0, 0.05) is 0 Å². The van der Waals surface area contributed by atoms with E-state index in [0.29, 0.717) is 5.57 Å². The summed E-state index contributed by atoms with van der Waals surface area (Å²) in [6.07, 6.45) is 2.00. The molecule has 0 aromatic heterocycles. The van der Waals surface area contributed by atoms with Crippen LogP contribution in [0.4, 0.5) is 5.69 Å². The van der Waals surface area contributed by atoms with Crippen molar-refractivity contribution in [1.29, 1.82) is 0 Å². The van der Waals surface area contributed by atoms with Gasteiger partial charge in [-0.15, -0.1) is 0 Å². The third kappa shape index (κ3) is 2.92. The van der Waals surface area contributed by atoms with Crippen molar-refractivity contribution in [2.75, 3.05) is 5.01 Å². The Labute approximate surface area is 169 Å². The van der Waals surface area contributed by atoms with Gasteiger partial charge in [0.25, 0.3) is 5.91 Å². The maximum Gasteiger partial charge on any atom is 0.280 e. The van der Waals surface area contributed by atoms with Crippen LogP contribution in [-0.2, 0) is 4.79 Å². The molecule has 5 rings (SSSR count). The van der Waals surface area contributed by atoms with Crippen molar-refractivity contribution in [1.82, 2.24) is 0 Å². The van der Waals surface area contributed by atoms with Gasteiger partial charge in [-0.1, -0.05) is 66.2 Å². The molecule has 29 heavy (non-hydrogen) atoms. The first-order chi connectivity index (χ1) is 14.1. The zero-order valence-corrected chi connectivity index (χ0v) is 16.4. The Morgan fingerprint density at radius 1 is 0.793 bits per heavy atom. The van der Waals surface area contributed by atoms with E-state index in [-0.39, 0.29) is 5.91 Å². The number of rotatable bonds is 2. The lowest BCUT2D eigenvalue weighted by Crippen LogP contribution is -2.21. The normalized spacial score (nSPS) is 15.5. The molecule has 0 fully saturated rings. The van der Waals surface area contributed by atoms with E-state index < -0.39 is 0 Å². The molecule has 0 saturated carbocycles. The summed E-state index contributed by atoms with van der Waals surface area (Å²) in [5.74, 6) is -0.0941. The lowest BCUT2D eigenvalue weighted by molar-refractivity contribution is -0.114. The molecule has 0 aliphatic carbocycles. The molecule has 4 aromatic carbocycles. The van der Waals surface area contributed by atoms with Crippen LogP contribution in [0.3, 0.4) is 0 Å². The summed E-state index contributed by atoms with van der Waals surface area (Å²) in [6.45, 7) is 3.92. The number of hydrazone groups is 1. The smallest absolute Gasteiger partial charge is 0.267 e. The number of amides is 1. The number of hydrogen-bond acceptors (Lipinski definition) is 2. The van der Waals surface area contributed by atoms with Crippen molar-refractivity contribution >= 4 is 44.9 Å². The molecule has 0 atom stereocenters. The lowest BCUT2D eigenvalue weighted by atomic mass is 9.94. The zero-order valence-electron chi connectivity index (χ0n) is 16.4. The first-order valence-corrected chi connectivity index (χ1v) is 9.71. The molecular formula is C26H20N2O. The number of fused-ring (bicyclic) bond motifs is 2. The number of carbonyl (C=O) groups is 1. The highest BCUT2D eigenvalue weighted by atomic mass is 16.2. The van der Waals surface area contributed by atoms with Crippen LogP contribution in [-0.4, -0.2) is 11.6 Å². The maximum atomic E-state index is 13.2. The van der Waals surface area contributed by atoms with E-state index in [2.05, 4.69) is 35.4 Å². The number of carbonyl (C=O) groups excluding carboxylic acids is 1. The van der Waals surface area contributed by atoms with Crippen LogP contribution in [0.1, 0.15) is 18.1 Å². The third-order valence-electron chi connectivity index (χ3n) is 5.44. The maximum absolute atomic E-state index is 13.2. The van der Waals surface area contributed by atoms with Crippen molar-refractivity contribution in [3.8, 4) is 0 Å². The molecule has 1 aliphatic heterocycles. The van der Waals surface area contributed by atoms with E-state index >= 15 is 0 Å². The predicted molar refractivity (Wildman–Crippen MR) is 121 cm³/mol. The number of hydrogen-bond donors (Lipinski definition) is 0. The molecular weight excluding hydrogens is 356 g/mol. The SMILES string of the molecule is CC1=NN(c2ccc(C)cc2)C(=O)C1=Cc1c2ccccc2cc2ccccc12. The van der Waals surface area contributed by atoms with Gasteiger partial charge in [-0.3, -0.25) is 4.79 Å². The lowest BCUT2D eigenvalue weighted by Gasteiger charge is -2.12. The molecule has 4 aromatic rings. The predicted octanol–water partition coefficient (Wildman–Crippen LogP) is 6.11. The minimum atomic E-state index is -0.0941. The van der Waals surface area contributed by atoms with E-state index in [4.69, 9.17) is 0 Å². The number of aryl methyl sites for hydroxylation is 1. The Kier molecular flexibility index (Phi) is 4.02. The molecule has 1 amide bonds. The van der Waals surface area contributed by atoms with Crippen LogP contribution in [0.2, 0.25) is 0 Å². The minimum Gasteiger partial charge on any atom is -0.267 e. The average Bonchev–Trinajstić information content (AvgIpc) is 3.02. The zero-order chi connectivity index (χ0) is 20.0. The Hall–Kier alpha value is -3.72. The first-order valence-electron chi connectivity index (χ1n) is 9.71. The second kappa shape index (κ2) is 6.71. The van der Waals surface area contributed by atoms with Crippen LogP contribution in [0.25, 0.3) is 27.6 Å². The fraction of sp³-hybridized carbons (Fsp3) is 0.0769. The number of anilines is 1. The number of nitrogens with zero attached hydrogens (tertiary/aromatic N) is 2.